The summed E-state index contributed by atoms with van der Waals surface area (Å²) in [5.41, 5.74) is 5.77. The molecule has 3 N–H and O–H groups in total. The number of nitrogens with two attached hydrogens (primary N) is 1. The lowest BCUT2D eigenvalue weighted by molar-refractivity contribution is 0.415. The first-order valence-electron chi connectivity index (χ1n) is 10.7. The van der Waals surface area contributed by atoms with Crippen LogP contribution in [0, 0.1) is 0 Å². The fourth-order valence-electron chi connectivity index (χ4n) is 2.91. The Morgan fingerprint density at radius 3 is 1.50 bits per heavy atom. The van der Waals surface area contributed by atoms with Gasteiger partial charge in [0.25, 0.3) is 0 Å². The first kappa shape index (κ1) is 23.7. The number of hydrogen-bond acceptors (Lipinski definition) is 2. The average molecular weight is 339 g/mol. The second-order valence-electron chi connectivity index (χ2n) is 8.26. The van der Waals surface area contributed by atoms with Crippen LogP contribution in [0.5, 0.6) is 0 Å². The SMILES string of the molecule is CC(C)(C)NCCCCCCCCC=CCCCCCCCCN. The van der Waals surface area contributed by atoms with Gasteiger partial charge in [0.15, 0.2) is 0 Å². The fraction of sp³-hybridized carbons (Fsp3) is 0.909. The van der Waals surface area contributed by atoms with Crippen molar-refractivity contribution in [1.82, 2.24) is 5.32 Å². The highest BCUT2D eigenvalue weighted by atomic mass is 14.9. The molecule has 2 nitrogen and oxygen atoms in total. The summed E-state index contributed by atoms with van der Waals surface area (Å²) in [6.45, 7) is 8.74. The molecule has 0 aromatic rings. The van der Waals surface area contributed by atoms with Gasteiger partial charge in [0.1, 0.15) is 0 Å². The summed E-state index contributed by atoms with van der Waals surface area (Å²) in [4.78, 5) is 0. The van der Waals surface area contributed by atoms with E-state index in [1.165, 1.54) is 96.4 Å². The van der Waals surface area contributed by atoms with Gasteiger partial charge in [0, 0.05) is 5.54 Å². The van der Waals surface area contributed by atoms with Crippen LogP contribution in [0.15, 0.2) is 12.2 Å². The fourth-order valence-corrected chi connectivity index (χ4v) is 2.91. The molecule has 0 aliphatic rings. The third-order valence-electron chi connectivity index (χ3n) is 4.44. The summed E-state index contributed by atoms with van der Waals surface area (Å²) in [6, 6.07) is 0. The van der Waals surface area contributed by atoms with Gasteiger partial charge in [-0.05, 0) is 72.4 Å². The third-order valence-corrected chi connectivity index (χ3v) is 4.44. The van der Waals surface area contributed by atoms with E-state index in [2.05, 4.69) is 38.2 Å². The topological polar surface area (TPSA) is 38.0 Å². The molecular formula is C22H46N2. The summed E-state index contributed by atoms with van der Waals surface area (Å²) in [5.74, 6) is 0. The van der Waals surface area contributed by atoms with Crippen LogP contribution in [0.4, 0.5) is 0 Å². The number of hydrogen-bond donors (Lipinski definition) is 2. The van der Waals surface area contributed by atoms with Crippen molar-refractivity contribution in [1.29, 1.82) is 0 Å². The maximum absolute atomic E-state index is 5.50. The molecular weight excluding hydrogens is 292 g/mol. The summed E-state index contributed by atoms with van der Waals surface area (Å²) in [6.07, 6.45) is 23.7. The van der Waals surface area contributed by atoms with Crippen molar-refractivity contribution in [3.63, 3.8) is 0 Å². The van der Waals surface area contributed by atoms with Crippen molar-refractivity contribution in [2.75, 3.05) is 13.1 Å². The molecule has 144 valence electrons. The Bertz CT molecular complexity index is 266. The predicted molar refractivity (Wildman–Crippen MR) is 111 cm³/mol. The van der Waals surface area contributed by atoms with Crippen LogP contribution < -0.4 is 11.1 Å². The van der Waals surface area contributed by atoms with E-state index in [9.17, 15) is 0 Å². The second-order valence-corrected chi connectivity index (χ2v) is 8.26. The molecule has 0 aliphatic heterocycles. The summed E-state index contributed by atoms with van der Waals surface area (Å²) in [5, 5.41) is 3.56. The molecule has 2 heteroatoms. The molecule has 0 aliphatic carbocycles. The zero-order valence-electron chi connectivity index (χ0n) is 17.0. The molecule has 0 radical (unpaired) electrons. The summed E-state index contributed by atoms with van der Waals surface area (Å²) >= 11 is 0. The lowest BCUT2D eigenvalue weighted by Crippen LogP contribution is -2.36. The average Bonchev–Trinajstić information content (AvgIpc) is 2.52. The van der Waals surface area contributed by atoms with E-state index >= 15 is 0 Å². The van der Waals surface area contributed by atoms with Crippen LogP contribution in [0.1, 0.15) is 111 Å². The Balaban J connectivity index is 3.11. The minimum absolute atomic E-state index is 0.275. The van der Waals surface area contributed by atoms with E-state index in [0.717, 1.165) is 6.54 Å². The van der Waals surface area contributed by atoms with Gasteiger partial charge in [-0.2, -0.15) is 0 Å². The standard InChI is InChI=1S/C22H46N2/c1-22(2,3)24-21-19-17-15-13-11-9-7-5-4-6-8-10-12-14-16-18-20-23/h4-5,24H,6-21,23H2,1-3H3. The molecule has 0 rings (SSSR count). The molecule has 0 bridgehead atoms. The lowest BCUT2D eigenvalue weighted by atomic mass is 10.1. The molecule has 0 saturated heterocycles. The van der Waals surface area contributed by atoms with Gasteiger partial charge in [-0.15, -0.1) is 0 Å². The Morgan fingerprint density at radius 2 is 1.04 bits per heavy atom. The van der Waals surface area contributed by atoms with Crippen LogP contribution in [-0.4, -0.2) is 18.6 Å². The molecule has 0 saturated carbocycles. The maximum Gasteiger partial charge on any atom is 0.00965 e. The monoisotopic (exact) mass is 338 g/mol. The van der Waals surface area contributed by atoms with Gasteiger partial charge in [0.05, 0.1) is 0 Å². The van der Waals surface area contributed by atoms with E-state index in [1.807, 2.05) is 0 Å². The van der Waals surface area contributed by atoms with E-state index in [-0.39, 0.29) is 5.54 Å². The Morgan fingerprint density at radius 1 is 0.625 bits per heavy atom. The highest BCUT2D eigenvalue weighted by Crippen LogP contribution is 2.10. The van der Waals surface area contributed by atoms with Crippen LogP contribution >= 0.6 is 0 Å². The quantitative estimate of drug-likeness (QED) is 0.239. The highest BCUT2D eigenvalue weighted by Gasteiger charge is 2.06. The van der Waals surface area contributed by atoms with Gasteiger partial charge in [0.2, 0.25) is 0 Å². The summed E-state index contributed by atoms with van der Waals surface area (Å²) < 4.78 is 0. The van der Waals surface area contributed by atoms with Gasteiger partial charge < -0.3 is 11.1 Å². The minimum Gasteiger partial charge on any atom is -0.330 e. The Kier molecular flexibility index (Phi) is 17.2. The second kappa shape index (κ2) is 17.5. The van der Waals surface area contributed by atoms with E-state index in [1.54, 1.807) is 0 Å². The van der Waals surface area contributed by atoms with Gasteiger partial charge in [-0.1, -0.05) is 63.5 Å². The molecule has 0 unspecified atom stereocenters. The summed E-state index contributed by atoms with van der Waals surface area (Å²) in [7, 11) is 0. The Labute approximate surface area is 153 Å². The lowest BCUT2D eigenvalue weighted by Gasteiger charge is -2.20. The van der Waals surface area contributed by atoms with Crippen molar-refractivity contribution in [3.8, 4) is 0 Å². The third kappa shape index (κ3) is 21.7. The first-order chi connectivity index (χ1) is 11.6. The van der Waals surface area contributed by atoms with Crippen molar-refractivity contribution in [2.45, 2.75) is 116 Å². The molecule has 0 heterocycles. The largest absolute Gasteiger partial charge is 0.330 e. The number of rotatable bonds is 17. The maximum atomic E-state index is 5.50. The zero-order chi connectivity index (χ0) is 17.9. The van der Waals surface area contributed by atoms with Gasteiger partial charge in [-0.25, -0.2) is 0 Å². The van der Waals surface area contributed by atoms with Gasteiger partial charge >= 0.3 is 0 Å². The van der Waals surface area contributed by atoms with Gasteiger partial charge in [-0.3, -0.25) is 0 Å². The van der Waals surface area contributed by atoms with Crippen LogP contribution in [-0.2, 0) is 0 Å². The molecule has 0 atom stereocenters. The van der Waals surface area contributed by atoms with Crippen LogP contribution in [0.3, 0.4) is 0 Å². The molecule has 24 heavy (non-hydrogen) atoms. The van der Waals surface area contributed by atoms with Crippen molar-refractivity contribution >= 4 is 0 Å². The number of nitrogens with one attached hydrogen (secondary N) is 1. The number of allylic oxidation sites excluding steroid dienone is 2. The molecule has 0 aromatic carbocycles. The van der Waals surface area contributed by atoms with E-state index < -0.39 is 0 Å². The van der Waals surface area contributed by atoms with E-state index in [0.29, 0.717) is 0 Å². The zero-order valence-corrected chi connectivity index (χ0v) is 17.0. The van der Waals surface area contributed by atoms with Crippen molar-refractivity contribution < 1.29 is 0 Å². The molecule has 0 aromatic heterocycles. The predicted octanol–water partition coefficient (Wildman–Crippen LogP) is 6.35. The van der Waals surface area contributed by atoms with Crippen molar-refractivity contribution in [2.24, 2.45) is 5.73 Å². The smallest absolute Gasteiger partial charge is 0.00965 e. The molecule has 0 spiro atoms. The van der Waals surface area contributed by atoms with Crippen molar-refractivity contribution in [3.05, 3.63) is 12.2 Å². The molecule has 0 fully saturated rings. The molecule has 0 amide bonds. The van der Waals surface area contributed by atoms with E-state index in [4.69, 9.17) is 5.73 Å². The number of unbranched alkanes of at least 4 members (excludes halogenated alkanes) is 12. The highest BCUT2D eigenvalue weighted by molar-refractivity contribution is 4.81. The minimum atomic E-state index is 0.275. The van der Waals surface area contributed by atoms with Crippen LogP contribution in [0.25, 0.3) is 0 Å². The first-order valence-corrected chi connectivity index (χ1v) is 10.7. The van der Waals surface area contributed by atoms with Crippen LogP contribution in [0.2, 0.25) is 0 Å². The normalized spacial score (nSPS) is 12.3. The Hall–Kier alpha value is -0.340.